The van der Waals surface area contributed by atoms with Crippen molar-refractivity contribution in [3.63, 3.8) is 0 Å². The molecule has 7 N–H and O–H groups in total. The maximum Gasteiger partial charge on any atom is 1.00 e. The fraction of sp³-hybridized carbons (Fsp3) is 0.787. The number of carboxylic acid groups (broad SMARTS) is 1. The average Bonchev–Trinajstić information content (AvgIpc) is 3.24. The van der Waals surface area contributed by atoms with Crippen molar-refractivity contribution in [2.45, 2.75) is 168 Å². The number of carbonyl (C=O) groups excluding carboxylic acids is 5. The summed E-state index contributed by atoms with van der Waals surface area (Å²) in [5, 5.41) is 27.5. The topological polar surface area (TPSA) is 286 Å². The third-order valence-electron chi connectivity index (χ3n) is 11.1. The van der Waals surface area contributed by atoms with Crippen molar-refractivity contribution in [3.8, 4) is 0 Å². The molecule has 0 spiro atoms. The Labute approximate surface area is 457 Å². The number of methoxy groups -OCH3 is 2. The Kier molecular flexibility index (Phi) is 32.5. The van der Waals surface area contributed by atoms with Crippen LogP contribution in [0.4, 0.5) is 9.59 Å². The van der Waals surface area contributed by atoms with Crippen LogP contribution in [0.25, 0.3) is 5.90 Å². The van der Waals surface area contributed by atoms with Crippen LogP contribution in [0, 0.1) is 0 Å². The van der Waals surface area contributed by atoms with E-state index in [-0.39, 0.29) is 114 Å². The molecule has 398 valence electrons. The Balaban J connectivity index is 0.00000128. The van der Waals surface area contributed by atoms with Crippen LogP contribution in [0.1, 0.15) is 108 Å². The van der Waals surface area contributed by atoms with E-state index in [1.165, 1.54) is 13.8 Å². The summed E-state index contributed by atoms with van der Waals surface area (Å²) in [6, 6.07) is -2.90. The number of carbonyl (C=O) groups is 6. The Morgan fingerprint density at radius 3 is 1.40 bits per heavy atom. The van der Waals surface area contributed by atoms with E-state index in [1.807, 2.05) is 6.08 Å². The first-order valence-corrected chi connectivity index (χ1v) is 23.3. The SMILES string of the molecule is C.CCOC(=O)C1=C[C@@H](N2CCC[C@@H](OCCOC)C2)[C@H](NC(C)=O)[C@@H](NC(=O)OC(C)(C)C)C1.COCCO[C@@H]1CCCN([C@@H]2C=C(C(=O)O)C[C@H](NC(=O)OC(C)(C)C)[C@H]2NC(C)=O)C1.[K+].[NH-]O. The van der Waals surface area contributed by atoms with E-state index in [0.717, 1.165) is 38.8 Å². The largest absolute Gasteiger partial charge is 1.00 e. The van der Waals surface area contributed by atoms with Crippen LogP contribution in [0.2, 0.25) is 0 Å². The van der Waals surface area contributed by atoms with Gasteiger partial charge < -0.3 is 70.6 Å². The minimum atomic E-state index is -1.04. The van der Waals surface area contributed by atoms with Gasteiger partial charge in [-0.1, -0.05) is 19.6 Å². The molecule has 8 atom stereocenters. The van der Waals surface area contributed by atoms with E-state index in [9.17, 15) is 33.9 Å². The monoisotopic (exact) mass is 1030 g/mol. The molecule has 2 fully saturated rings. The molecule has 70 heavy (non-hydrogen) atoms. The summed E-state index contributed by atoms with van der Waals surface area (Å²) >= 11 is 0. The number of esters is 1. The summed E-state index contributed by atoms with van der Waals surface area (Å²) in [7, 11) is 3.25. The van der Waals surface area contributed by atoms with E-state index >= 15 is 0 Å². The zero-order valence-electron chi connectivity index (χ0n) is 43.0. The van der Waals surface area contributed by atoms with Crippen molar-refractivity contribution < 1.29 is 124 Å². The van der Waals surface area contributed by atoms with Crippen molar-refractivity contribution in [3.05, 3.63) is 29.2 Å². The number of nitrogens with one attached hydrogen (secondary N) is 5. The molecule has 2 aliphatic heterocycles. The third kappa shape index (κ3) is 24.8. The number of ether oxygens (including phenoxy) is 7. The number of hydrogen-bond donors (Lipinski definition) is 6. The first kappa shape index (κ1) is 67.2. The van der Waals surface area contributed by atoms with Gasteiger partial charge in [-0.3, -0.25) is 19.4 Å². The number of alkyl carbamates (subject to hydrolysis) is 2. The summed E-state index contributed by atoms with van der Waals surface area (Å²) in [4.78, 5) is 78.1. The predicted octanol–water partition coefficient (Wildman–Crippen LogP) is 1.14. The minimum Gasteiger partial charge on any atom is -0.553 e. The Bertz CT molecular complexity index is 1690. The second-order valence-corrected chi connectivity index (χ2v) is 19.0. The van der Waals surface area contributed by atoms with Crippen LogP contribution in [0.3, 0.4) is 0 Å². The molecule has 0 aromatic rings. The average molecular weight is 1030 g/mol. The Hall–Kier alpha value is -2.78. The van der Waals surface area contributed by atoms with Crippen molar-refractivity contribution in [2.24, 2.45) is 0 Å². The molecule has 23 heteroatoms. The number of nitrogens with zero attached hydrogens (tertiary/aromatic N) is 2. The molecule has 22 nitrogen and oxygen atoms in total. The van der Waals surface area contributed by atoms with Crippen LogP contribution < -0.4 is 72.7 Å². The molecule has 4 amide bonds. The van der Waals surface area contributed by atoms with E-state index in [2.05, 4.69) is 31.1 Å². The van der Waals surface area contributed by atoms with Crippen molar-refractivity contribution in [2.75, 3.05) is 73.4 Å². The van der Waals surface area contributed by atoms with Crippen molar-refractivity contribution in [1.82, 2.24) is 31.1 Å². The summed E-state index contributed by atoms with van der Waals surface area (Å²) < 4.78 is 38.1. The number of aliphatic carboxylic acids is 1. The molecular weight excluding hydrogens is 942 g/mol. The molecule has 4 rings (SSSR count). The number of rotatable bonds is 17. The van der Waals surface area contributed by atoms with Crippen molar-refractivity contribution >= 4 is 35.9 Å². The molecule has 0 bridgehead atoms. The van der Waals surface area contributed by atoms with E-state index in [1.54, 1.807) is 68.8 Å². The van der Waals surface area contributed by atoms with Crippen LogP contribution in [-0.4, -0.2) is 189 Å². The maximum absolute atomic E-state index is 12.7. The molecule has 2 heterocycles. The molecule has 0 radical (unpaired) electrons. The zero-order valence-corrected chi connectivity index (χ0v) is 46.1. The van der Waals surface area contributed by atoms with Crippen LogP contribution in [0.15, 0.2) is 23.3 Å². The van der Waals surface area contributed by atoms with Gasteiger partial charge >= 0.3 is 75.5 Å². The third-order valence-corrected chi connectivity index (χ3v) is 11.1. The predicted molar refractivity (Wildman–Crippen MR) is 256 cm³/mol. The normalized spacial score (nSPS) is 24.8. The smallest absolute Gasteiger partial charge is 0.553 e. The molecule has 0 aromatic carbocycles. The first-order valence-electron chi connectivity index (χ1n) is 23.3. The molecule has 2 saturated heterocycles. The maximum atomic E-state index is 12.7. The number of amides is 4. The Morgan fingerprint density at radius 2 is 1.06 bits per heavy atom. The second-order valence-electron chi connectivity index (χ2n) is 19.0. The molecule has 0 saturated carbocycles. The minimum absolute atomic E-state index is 0. The van der Waals surface area contributed by atoms with Gasteiger partial charge in [0.25, 0.3) is 0 Å². The van der Waals surface area contributed by atoms with Crippen LogP contribution in [0.5, 0.6) is 0 Å². The molecule has 4 aliphatic rings. The summed E-state index contributed by atoms with van der Waals surface area (Å²) in [5.74, 6) is 2.81. The first-order chi connectivity index (χ1) is 32.0. The van der Waals surface area contributed by atoms with Gasteiger partial charge in [0.15, 0.2) is 0 Å². The quantitative estimate of drug-likeness (QED) is 0.0392. The molecular formula is C47H84KN7O15. The fourth-order valence-corrected chi connectivity index (χ4v) is 8.54. The van der Waals surface area contributed by atoms with Crippen molar-refractivity contribution in [1.29, 1.82) is 0 Å². The van der Waals surface area contributed by atoms with Gasteiger partial charge in [0.05, 0.1) is 81.5 Å². The van der Waals surface area contributed by atoms with Gasteiger partial charge in [0, 0.05) is 65.1 Å². The van der Waals surface area contributed by atoms with Gasteiger partial charge in [-0.2, -0.15) is 0 Å². The number of hydrogen-bond acceptors (Lipinski definition) is 16. The summed E-state index contributed by atoms with van der Waals surface area (Å²) in [6.45, 7) is 20.2. The molecule has 2 aliphatic carbocycles. The fourth-order valence-electron chi connectivity index (χ4n) is 8.54. The standard InChI is InChI=1S/C24H41N3O7.C22H37N3O7.CH4.K.H2NO/c1-7-32-22(29)17-13-19(26-23(30)34-24(3,4)5)21(25-16(2)28)20(14-17)27-10-8-9-18(15-27)33-12-11-31-6;1-14(26)23-19-17(24-21(29)32-22(2,3)4)11-15(20(27)28)12-18(19)25-8-6-7-16(13-25)31-10-9-30-5;;;1-2/h14,18-21H,7-13,15H2,1-6H3,(H,25,28)(H,26,30);12,16-19H,6-11,13H2,1-5H3,(H,23,26)(H,24,29)(H,27,28);1H4;;1-2H/q;;;+1;-1/t18-,19+,20-,21-;16-,17+,18-,19-;;;/m11.../s1. The van der Waals surface area contributed by atoms with Gasteiger partial charge in [-0.05, 0) is 87.2 Å². The van der Waals surface area contributed by atoms with E-state index in [0.29, 0.717) is 45.1 Å². The van der Waals surface area contributed by atoms with E-state index < -0.39 is 65.5 Å². The number of likely N-dealkylation sites (tertiary alicyclic amines) is 2. The van der Waals surface area contributed by atoms with Gasteiger partial charge in [-0.15, -0.1) is 0 Å². The molecule has 0 unspecified atom stereocenters. The van der Waals surface area contributed by atoms with Gasteiger partial charge in [0.1, 0.15) is 11.2 Å². The summed E-state index contributed by atoms with van der Waals surface area (Å²) in [6.07, 6.45) is 6.21. The van der Waals surface area contributed by atoms with Crippen LogP contribution >= 0.6 is 0 Å². The van der Waals surface area contributed by atoms with Gasteiger partial charge in [-0.25, -0.2) is 19.2 Å². The number of piperidine rings is 2. The number of carboxylic acids is 1. The zero-order chi connectivity index (χ0) is 51.2. The van der Waals surface area contributed by atoms with Crippen LogP contribution in [-0.2, 0) is 52.3 Å². The Morgan fingerprint density at radius 1 is 0.671 bits per heavy atom. The summed E-state index contributed by atoms with van der Waals surface area (Å²) in [5.41, 5.74) is -0.717. The van der Waals surface area contributed by atoms with Gasteiger partial charge in [0.2, 0.25) is 11.8 Å². The second kappa shape index (κ2) is 33.8. The van der Waals surface area contributed by atoms with E-state index in [4.69, 9.17) is 44.3 Å². The molecule has 0 aromatic heterocycles.